The largest absolute Gasteiger partial charge is 0.463 e. The third-order valence-electron chi connectivity index (χ3n) is 2.87. The van der Waals surface area contributed by atoms with Gasteiger partial charge in [0.05, 0.1) is 18.8 Å². The number of ether oxygens (including phenoxy) is 2. The molecule has 0 spiro atoms. The molecule has 1 aromatic heterocycles. The summed E-state index contributed by atoms with van der Waals surface area (Å²) in [6.45, 7) is 6.08. The van der Waals surface area contributed by atoms with Gasteiger partial charge >= 0.3 is 6.01 Å². The zero-order chi connectivity index (χ0) is 13.7. The zero-order valence-electron chi connectivity index (χ0n) is 11.3. The molecular weight excluding hydrogens is 268 g/mol. The molecular formula is C12H19ClN4O2. The summed E-state index contributed by atoms with van der Waals surface area (Å²) in [6.07, 6.45) is 2.90. The van der Waals surface area contributed by atoms with E-state index in [2.05, 4.69) is 27.2 Å². The summed E-state index contributed by atoms with van der Waals surface area (Å²) in [6, 6.07) is 0.254. The molecule has 0 bridgehead atoms. The van der Waals surface area contributed by atoms with Gasteiger partial charge in [0.15, 0.2) is 0 Å². The van der Waals surface area contributed by atoms with Crippen LogP contribution in [-0.4, -0.2) is 40.3 Å². The van der Waals surface area contributed by atoms with Crippen molar-refractivity contribution in [2.45, 2.75) is 38.6 Å². The van der Waals surface area contributed by atoms with Crippen molar-refractivity contribution in [2.24, 2.45) is 0 Å². The van der Waals surface area contributed by atoms with Crippen molar-refractivity contribution in [3.63, 3.8) is 0 Å². The van der Waals surface area contributed by atoms with Crippen LogP contribution in [0.5, 0.6) is 6.01 Å². The minimum atomic E-state index is -0.176. The highest BCUT2D eigenvalue weighted by atomic mass is 35.5. The second kappa shape index (κ2) is 6.34. The normalized spacial score (nSPS) is 23.1. The van der Waals surface area contributed by atoms with Gasteiger partial charge in [-0.25, -0.2) is 0 Å². The van der Waals surface area contributed by atoms with E-state index in [-0.39, 0.29) is 16.8 Å². The van der Waals surface area contributed by atoms with Crippen LogP contribution in [-0.2, 0) is 4.74 Å². The van der Waals surface area contributed by atoms with Crippen LogP contribution in [0, 0.1) is 0 Å². The van der Waals surface area contributed by atoms with E-state index < -0.39 is 0 Å². The Morgan fingerprint density at radius 1 is 1.42 bits per heavy atom. The van der Waals surface area contributed by atoms with Crippen LogP contribution >= 0.6 is 11.6 Å². The van der Waals surface area contributed by atoms with Crippen molar-refractivity contribution in [1.29, 1.82) is 0 Å². The molecule has 1 fully saturated rings. The lowest BCUT2D eigenvalue weighted by Gasteiger charge is -2.34. The summed E-state index contributed by atoms with van der Waals surface area (Å²) in [4.78, 5) is 12.2. The van der Waals surface area contributed by atoms with Gasteiger partial charge in [0.1, 0.15) is 0 Å². The quantitative estimate of drug-likeness (QED) is 0.896. The first kappa shape index (κ1) is 14.3. The first-order valence-electron chi connectivity index (χ1n) is 6.51. The van der Waals surface area contributed by atoms with Gasteiger partial charge < -0.3 is 14.8 Å². The molecule has 6 nitrogen and oxygen atoms in total. The fourth-order valence-corrected chi connectivity index (χ4v) is 2.10. The predicted molar refractivity (Wildman–Crippen MR) is 72.7 cm³/mol. The highest BCUT2D eigenvalue weighted by Gasteiger charge is 2.28. The summed E-state index contributed by atoms with van der Waals surface area (Å²) in [5, 5.41) is 3.39. The van der Waals surface area contributed by atoms with Crippen molar-refractivity contribution >= 4 is 17.5 Å². The highest BCUT2D eigenvalue weighted by Crippen LogP contribution is 2.23. The Morgan fingerprint density at radius 3 is 2.95 bits per heavy atom. The summed E-state index contributed by atoms with van der Waals surface area (Å²) in [5.41, 5.74) is -0.176. The van der Waals surface area contributed by atoms with E-state index in [9.17, 15) is 0 Å². The Morgan fingerprint density at radius 2 is 2.26 bits per heavy atom. The predicted octanol–water partition coefficient (Wildman–Crippen LogP) is 2.29. The lowest BCUT2D eigenvalue weighted by atomic mass is 9.95. The maximum atomic E-state index is 5.88. The average Bonchev–Trinajstić information content (AvgIpc) is 2.36. The summed E-state index contributed by atoms with van der Waals surface area (Å²) in [7, 11) is 0. The van der Waals surface area contributed by atoms with E-state index in [1.165, 1.54) is 0 Å². The number of nitrogens with zero attached hydrogens (tertiary/aromatic N) is 3. The maximum Gasteiger partial charge on any atom is 0.322 e. The molecule has 1 unspecified atom stereocenters. The molecule has 1 saturated heterocycles. The fraction of sp³-hybridized carbons (Fsp3) is 0.750. The average molecular weight is 287 g/mol. The van der Waals surface area contributed by atoms with E-state index in [1.807, 2.05) is 6.92 Å². The van der Waals surface area contributed by atoms with Gasteiger partial charge in [0.2, 0.25) is 11.2 Å². The van der Waals surface area contributed by atoms with E-state index in [0.29, 0.717) is 19.2 Å². The van der Waals surface area contributed by atoms with Crippen molar-refractivity contribution in [3.8, 4) is 6.01 Å². The lowest BCUT2D eigenvalue weighted by Crippen LogP contribution is -2.43. The van der Waals surface area contributed by atoms with Crippen LogP contribution in [0.1, 0.15) is 33.1 Å². The first-order valence-corrected chi connectivity index (χ1v) is 6.89. The van der Waals surface area contributed by atoms with Gasteiger partial charge in [0.25, 0.3) is 0 Å². The molecule has 0 amide bonds. The number of anilines is 1. The van der Waals surface area contributed by atoms with Crippen LogP contribution in [0.2, 0.25) is 5.28 Å². The van der Waals surface area contributed by atoms with E-state index in [1.54, 1.807) is 0 Å². The first-order chi connectivity index (χ1) is 9.11. The van der Waals surface area contributed by atoms with Gasteiger partial charge in [-0.05, 0) is 37.8 Å². The van der Waals surface area contributed by atoms with Crippen LogP contribution in [0.3, 0.4) is 0 Å². The molecule has 2 rings (SSSR count). The molecule has 0 aliphatic carbocycles. The van der Waals surface area contributed by atoms with Crippen LogP contribution < -0.4 is 10.1 Å². The van der Waals surface area contributed by atoms with Gasteiger partial charge in [-0.3, -0.25) is 0 Å². The molecule has 19 heavy (non-hydrogen) atoms. The van der Waals surface area contributed by atoms with E-state index in [0.717, 1.165) is 25.9 Å². The Hall–Kier alpha value is -1.14. The molecule has 1 atom stereocenters. The molecule has 106 valence electrons. The number of nitrogens with one attached hydrogen (secondary N) is 1. The van der Waals surface area contributed by atoms with Crippen molar-refractivity contribution in [2.75, 3.05) is 25.1 Å². The Labute approximate surface area is 117 Å². The third-order valence-corrected chi connectivity index (χ3v) is 3.04. The van der Waals surface area contributed by atoms with Crippen LogP contribution in [0.15, 0.2) is 0 Å². The van der Waals surface area contributed by atoms with Crippen molar-refractivity contribution < 1.29 is 9.47 Å². The zero-order valence-corrected chi connectivity index (χ0v) is 12.0. The van der Waals surface area contributed by atoms with Gasteiger partial charge in [-0.15, -0.1) is 0 Å². The SMILES string of the molecule is CCCOc1nc(Cl)nc(NC2(C)CCCOC2)n1. The maximum absolute atomic E-state index is 5.88. The molecule has 1 N–H and O–H groups in total. The third kappa shape index (κ3) is 4.18. The van der Waals surface area contributed by atoms with Crippen LogP contribution in [0.25, 0.3) is 0 Å². The summed E-state index contributed by atoms with van der Waals surface area (Å²) < 4.78 is 10.9. The monoisotopic (exact) mass is 286 g/mol. The molecule has 2 heterocycles. The highest BCUT2D eigenvalue weighted by molar-refractivity contribution is 6.28. The van der Waals surface area contributed by atoms with Crippen molar-refractivity contribution in [3.05, 3.63) is 5.28 Å². The van der Waals surface area contributed by atoms with E-state index in [4.69, 9.17) is 21.1 Å². The van der Waals surface area contributed by atoms with Gasteiger partial charge in [-0.1, -0.05) is 6.92 Å². The van der Waals surface area contributed by atoms with Gasteiger partial charge in [0, 0.05) is 6.61 Å². The number of hydrogen-bond acceptors (Lipinski definition) is 6. The summed E-state index contributed by atoms with van der Waals surface area (Å²) in [5.74, 6) is 0.430. The molecule has 7 heteroatoms. The standard InChI is InChI=1S/C12H19ClN4O2/c1-3-6-19-11-15-9(13)14-10(16-11)17-12(2)5-4-7-18-8-12/h3-8H2,1-2H3,(H,14,15,16,17). The molecule has 1 aliphatic rings. The molecule has 1 aliphatic heterocycles. The fourth-order valence-electron chi connectivity index (χ4n) is 1.95. The van der Waals surface area contributed by atoms with Crippen LogP contribution in [0.4, 0.5) is 5.95 Å². The second-order valence-electron chi connectivity index (χ2n) is 4.90. The Kier molecular flexibility index (Phi) is 4.76. The Balaban J connectivity index is 2.08. The van der Waals surface area contributed by atoms with Gasteiger partial charge in [-0.2, -0.15) is 15.0 Å². The second-order valence-corrected chi connectivity index (χ2v) is 5.24. The molecule has 1 aromatic rings. The van der Waals surface area contributed by atoms with Crippen molar-refractivity contribution in [1.82, 2.24) is 15.0 Å². The minimum absolute atomic E-state index is 0.129. The number of rotatable bonds is 5. The molecule has 0 radical (unpaired) electrons. The topological polar surface area (TPSA) is 69.2 Å². The van der Waals surface area contributed by atoms with E-state index >= 15 is 0 Å². The molecule has 0 saturated carbocycles. The molecule has 0 aromatic carbocycles. The summed E-state index contributed by atoms with van der Waals surface area (Å²) >= 11 is 5.88. The number of aromatic nitrogens is 3. The number of halogens is 1. The lowest BCUT2D eigenvalue weighted by molar-refractivity contribution is 0.0537. The Bertz CT molecular complexity index is 424. The number of hydrogen-bond donors (Lipinski definition) is 1. The smallest absolute Gasteiger partial charge is 0.322 e. The minimum Gasteiger partial charge on any atom is -0.463 e.